The highest BCUT2D eigenvalue weighted by molar-refractivity contribution is 7.14. The minimum Gasteiger partial charge on any atom is -0.443 e. The number of hydrogen-bond donors (Lipinski definition) is 1. The molecule has 0 unspecified atom stereocenters. The lowest BCUT2D eigenvalue weighted by molar-refractivity contribution is -0.115. The van der Waals surface area contributed by atoms with Gasteiger partial charge in [-0.15, -0.1) is 11.3 Å². The minimum absolute atomic E-state index is 0.136. The van der Waals surface area contributed by atoms with Crippen molar-refractivity contribution >= 4 is 40.4 Å². The molecule has 0 saturated carbocycles. The first-order valence-corrected chi connectivity index (χ1v) is 9.30. The Balaban J connectivity index is 2.14. The standard InChI is InChI=1S/C19H24N4O3S/c1-12-7-8-16(9-13(12)2)23(14(3)24)17-21-15(11-27-17)10-20-22-18(25)26-19(4,5)6/h7-11H,1-6H3,(H,22,25)/b20-10-. The van der Waals surface area contributed by atoms with Gasteiger partial charge in [-0.05, 0) is 57.9 Å². The van der Waals surface area contributed by atoms with Crippen molar-refractivity contribution < 1.29 is 14.3 Å². The second-order valence-electron chi connectivity index (χ2n) is 7.05. The van der Waals surface area contributed by atoms with Crippen molar-refractivity contribution in [3.05, 3.63) is 40.4 Å². The Morgan fingerprint density at radius 2 is 1.96 bits per heavy atom. The lowest BCUT2D eigenvalue weighted by Crippen LogP contribution is -2.29. The number of anilines is 2. The zero-order valence-corrected chi connectivity index (χ0v) is 17.2. The molecule has 8 heteroatoms. The predicted octanol–water partition coefficient (Wildman–Crippen LogP) is 4.30. The third-order valence-corrected chi connectivity index (χ3v) is 4.36. The molecule has 2 rings (SSSR count). The van der Waals surface area contributed by atoms with E-state index in [2.05, 4.69) is 15.5 Å². The van der Waals surface area contributed by atoms with Gasteiger partial charge in [-0.3, -0.25) is 9.69 Å². The van der Waals surface area contributed by atoms with E-state index >= 15 is 0 Å². The summed E-state index contributed by atoms with van der Waals surface area (Å²) in [6.45, 7) is 10.8. The number of carbonyl (C=O) groups is 2. The maximum absolute atomic E-state index is 12.2. The summed E-state index contributed by atoms with van der Waals surface area (Å²) < 4.78 is 5.09. The fourth-order valence-electron chi connectivity index (χ4n) is 2.18. The summed E-state index contributed by atoms with van der Waals surface area (Å²) in [5, 5.41) is 6.12. The van der Waals surface area contributed by atoms with Crippen LogP contribution in [0.4, 0.5) is 15.6 Å². The number of ether oxygens (including phenoxy) is 1. The van der Waals surface area contributed by atoms with E-state index in [1.165, 1.54) is 24.5 Å². The Labute approximate surface area is 163 Å². The Hall–Kier alpha value is -2.74. The normalized spacial score (nSPS) is 11.5. The van der Waals surface area contributed by atoms with E-state index in [0.717, 1.165) is 16.8 Å². The predicted molar refractivity (Wildman–Crippen MR) is 108 cm³/mol. The summed E-state index contributed by atoms with van der Waals surface area (Å²) in [5.74, 6) is -0.136. The van der Waals surface area contributed by atoms with Gasteiger partial charge in [0.15, 0.2) is 5.13 Å². The maximum Gasteiger partial charge on any atom is 0.428 e. The number of carbonyl (C=O) groups excluding carboxylic acids is 2. The summed E-state index contributed by atoms with van der Waals surface area (Å²) in [6, 6.07) is 5.82. The quantitative estimate of drug-likeness (QED) is 0.625. The van der Waals surface area contributed by atoms with Gasteiger partial charge >= 0.3 is 6.09 Å². The molecule has 0 fully saturated rings. The van der Waals surface area contributed by atoms with Crippen LogP contribution in [0.25, 0.3) is 0 Å². The molecule has 1 aromatic carbocycles. The lowest BCUT2D eigenvalue weighted by Gasteiger charge is -2.19. The topological polar surface area (TPSA) is 83.9 Å². The number of rotatable bonds is 4. The molecular weight excluding hydrogens is 364 g/mol. The average molecular weight is 388 g/mol. The molecule has 27 heavy (non-hydrogen) atoms. The lowest BCUT2D eigenvalue weighted by atomic mass is 10.1. The van der Waals surface area contributed by atoms with Crippen LogP contribution in [-0.2, 0) is 9.53 Å². The number of nitrogens with zero attached hydrogens (tertiary/aromatic N) is 3. The van der Waals surface area contributed by atoms with E-state index in [-0.39, 0.29) is 5.91 Å². The number of amides is 2. The zero-order chi connectivity index (χ0) is 20.2. The molecule has 1 N–H and O–H groups in total. The van der Waals surface area contributed by atoms with Crippen molar-refractivity contribution in [2.45, 2.75) is 47.1 Å². The smallest absolute Gasteiger partial charge is 0.428 e. The Morgan fingerprint density at radius 1 is 1.26 bits per heavy atom. The van der Waals surface area contributed by atoms with Crippen molar-refractivity contribution in [1.29, 1.82) is 0 Å². The molecule has 0 spiro atoms. The van der Waals surface area contributed by atoms with E-state index in [1.807, 2.05) is 32.0 Å². The van der Waals surface area contributed by atoms with E-state index in [4.69, 9.17) is 4.74 Å². The van der Waals surface area contributed by atoms with E-state index < -0.39 is 11.7 Å². The Bertz CT molecular complexity index is 868. The molecule has 0 bridgehead atoms. The number of aromatic nitrogens is 1. The fourth-order valence-corrected chi connectivity index (χ4v) is 3.02. The second-order valence-corrected chi connectivity index (χ2v) is 7.89. The van der Waals surface area contributed by atoms with Gasteiger partial charge in [0, 0.05) is 12.3 Å². The summed E-state index contributed by atoms with van der Waals surface area (Å²) in [4.78, 5) is 29.7. The summed E-state index contributed by atoms with van der Waals surface area (Å²) >= 11 is 1.32. The average Bonchev–Trinajstić information content (AvgIpc) is 2.97. The van der Waals surface area contributed by atoms with Gasteiger partial charge in [-0.1, -0.05) is 6.07 Å². The maximum atomic E-state index is 12.2. The van der Waals surface area contributed by atoms with Gasteiger partial charge in [0.25, 0.3) is 0 Å². The van der Waals surface area contributed by atoms with Crippen LogP contribution in [0.15, 0.2) is 28.7 Å². The van der Waals surface area contributed by atoms with Crippen LogP contribution in [0.2, 0.25) is 0 Å². The Morgan fingerprint density at radius 3 is 2.56 bits per heavy atom. The molecule has 0 radical (unpaired) electrons. The van der Waals surface area contributed by atoms with Gasteiger partial charge in [-0.2, -0.15) is 5.10 Å². The van der Waals surface area contributed by atoms with Gasteiger partial charge < -0.3 is 4.74 Å². The van der Waals surface area contributed by atoms with Crippen LogP contribution in [0.3, 0.4) is 0 Å². The number of hydrazone groups is 1. The number of nitrogens with one attached hydrogen (secondary N) is 1. The van der Waals surface area contributed by atoms with Crippen molar-refractivity contribution in [3.8, 4) is 0 Å². The van der Waals surface area contributed by atoms with E-state index in [0.29, 0.717) is 10.8 Å². The molecule has 0 aliphatic carbocycles. The molecule has 0 aliphatic heterocycles. The first-order valence-electron chi connectivity index (χ1n) is 8.42. The summed E-state index contributed by atoms with van der Waals surface area (Å²) in [7, 11) is 0. The first-order chi connectivity index (χ1) is 12.6. The Kier molecular flexibility index (Phi) is 6.32. The number of benzene rings is 1. The van der Waals surface area contributed by atoms with Crippen molar-refractivity contribution in [3.63, 3.8) is 0 Å². The molecule has 2 aromatic rings. The zero-order valence-electron chi connectivity index (χ0n) is 16.4. The van der Waals surface area contributed by atoms with E-state index in [1.54, 1.807) is 31.1 Å². The van der Waals surface area contributed by atoms with E-state index in [9.17, 15) is 9.59 Å². The molecular formula is C19H24N4O3S. The van der Waals surface area contributed by atoms with Gasteiger partial charge in [0.05, 0.1) is 17.6 Å². The number of aryl methyl sites for hydroxylation is 2. The third-order valence-electron chi connectivity index (χ3n) is 3.52. The highest BCUT2D eigenvalue weighted by Gasteiger charge is 2.18. The molecule has 1 aromatic heterocycles. The number of hydrogen-bond acceptors (Lipinski definition) is 6. The van der Waals surface area contributed by atoms with Crippen LogP contribution >= 0.6 is 11.3 Å². The molecule has 144 valence electrons. The molecule has 2 amide bonds. The van der Waals surface area contributed by atoms with Crippen molar-refractivity contribution in [2.24, 2.45) is 5.10 Å². The first kappa shape index (κ1) is 20.6. The SMILES string of the molecule is CC(=O)N(c1ccc(C)c(C)c1)c1nc(/C=N\NC(=O)OC(C)(C)C)cs1. The van der Waals surface area contributed by atoms with Gasteiger partial charge in [0.1, 0.15) is 5.60 Å². The summed E-state index contributed by atoms with van der Waals surface area (Å²) in [5.41, 5.74) is 5.23. The second kappa shape index (κ2) is 8.30. The third kappa shape index (κ3) is 5.89. The number of thiazole rings is 1. The molecule has 0 aliphatic rings. The van der Waals surface area contributed by atoms with Crippen LogP contribution in [0, 0.1) is 13.8 Å². The monoisotopic (exact) mass is 388 g/mol. The minimum atomic E-state index is -0.644. The highest BCUT2D eigenvalue weighted by atomic mass is 32.1. The molecule has 7 nitrogen and oxygen atoms in total. The van der Waals surface area contributed by atoms with Crippen LogP contribution < -0.4 is 10.3 Å². The fraction of sp³-hybridized carbons (Fsp3) is 0.368. The van der Waals surface area contributed by atoms with Crippen molar-refractivity contribution in [2.75, 3.05) is 4.90 Å². The van der Waals surface area contributed by atoms with Gasteiger partial charge in [-0.25, -0.2) is 15.2 Å². The van der Waals surface area contributed by atoms with Crippen LogP contribution in [0.1, 0.15) is 44.5 Å². The molecule has 0 saturated heterocycles. The van der Waals surface area contributed by atoms with Crippen LogP contribution in [-0.4, -0.2) is 28.8 Å². The van der Waals surface area contributed by atoms with Crippen LogP contribution in [0.5, 0.6) is 0 Å². The summed E-state index contributed by atoms with van der Waals surface area (Å²) in [6.07, 6.45) is 0.762. The molecule has 0 atom stereocenters. The van der Waals surface area contributed by atoms with Crippen molar-refractivity contribution in [1.82, 2.24) is 10.4 Å². The highest BCUT2D eigenvalue weighted by Crippen LogP contribution is 2.29. The van der Waals surface area contributed by atoms with Gasteiger partial charge in [0.2, 0.25) is 5.91 Å². The largest absolute Gasteiger partial charge is 0.443 e. The molecule has 1 heterocycles.